The molecule has 0 saturated carbocycles. The molecule has 0 saturated heterocycles. The van der Waals surface area contributed by atoms with Crippen LogP contribution in [0.1, 0.15) is 15.9 Å². The van der Waals surface area contributed by atoms with Gasteiger partial charge in [0.2, 0.25) is 0 Å². The smallest absolute Gasteiger partial charge is 0.255 e. The fraction of sp³-hybridized carbons (Fsp3) is 0.0526. The molecule has 23 heavy (non-hydrogen) atoms. The van der Waals surface area contributed by atoms with E-state index in [9.17, 15) is 4.79 Å². The van der Waals surface area contributed by atoms with E-state index < -0.39 is 0 Å². The quantitative estimate of drug-likeness (QED) is 0.740. The number of hydrogen-bond acceptors (Lipinski definition) is 2. The first kappa shape index (κ1) is 15.3. The van der Waals surface area contributed by atoms with Crippen LogP contribution in [-0.2, 0) is 0 Å². The van der Waals surface area contributed by atoms with Gasteiger partial charge in [0, 0.05) is 23.0 Å². The molecule has 0 fully saturated rings. The molecule has 0 spiro atoms. The molecule has 3 aromatic rings. The zero-order valence-corrected chi connectivity index (χ0v) is 13.3. The van der Waals surface area contributed by atoms with Gasteiger partial charge in [-0.15, -0.1) is 0 Å². The van der Waals surface area contributed by atoms with E-state index >= 15 is 0 Å². The molecule has 1 amide bonds. The summed E-state index contributed by atoms with van der Waals surface area (Å²) in [6.45, 7) is 1.99. The van der Waals surface area contributed by atoms with Crippen molar-refractivity contribution in [3.8, 4) is 11.3 Å². The molecule has 0 radical (unpaired) electrons. The maximum Gasteiger partial charge on any atom is 0.255 e. The minimum atomic E-state index is -0.144. The highest BCUT2D eigenvalue weighted by Gasteiger charge is 2.08. The topological polar surface area (TPSA) is 42.0 Å². The molecule has 1 aromatic heterocycles. The average Bonchev–Trinajstić information content (AvgIpc) is 2.55. The van der Waals surface area contributed by atoms with Gasteiger partial charge < -0.3 is 5.32 Å². The number of hydrogen-bond donors (Lipinski definition) is 1. The number of halogens is 1. The normalized spacial score (nSPS) is 10.3. The third kappa shape index (κ3) is 3.58. The molecule has 2 aromatic carbocycles. The van der Waals surface area contributed by atoms with E-state index in [1.54, 1.807) is 30.5 Å². The van der Waals surface area contributed by atoms with Crippen molar-refractivity contribution in [1.82, 2.24) is 4.98 Å². The SMILES string of the molecule is Cc1cccc(NC(=O)c2ccc(-c3ncccc3Cl)cc2)c1. The molecular formula is C19H15ClN2O. The second-order valence-electron chi connectivity index (χ2n) is 5.23. The second kappa shape index (κ2) is 6.63. The van der Waals surface area contributed by atoms with Gasteiger partial charge in [0.1, 0.15) is 0 Å². The lowest BCUT2D eigenvalue weighted by Gasteiger charge is -2.07. The van der Waals surface area contributed by atoms with Gasteiger partial charge in [-0.2, -0.15) is 0 Å². The minimum Gasteiger partial charge on any atom is -0.322 e. The summed E-state index contributed by atoms with van der Waals surface area (Å²) in [6.07, 6.45) is 1.69. The summed E-state index contributed by atoms with van der Waals surface area (Å²) >= 11 is 6.14. The van der Waals surface area contributed by atoms with Crippen LogP contribution in [0.15, 0.2) is 66.9 Å². The number of benzene rings is 2. The molecule has 0 aliphatic carbocycles. The van der Waals surface area contributed by atoms with Crippen molar-refractivity contribution in [2.45, 2.75) is 6.92 Å². The van der Waals surface area contributed by atoms with E-state index in [-0.39, 0.29) is 5.91 Å². The number of aryl methyl sites for hydroxylation is 1. The first-order chi connectivity index (χ1) is 11.1. The zero-order valence-electron chi connectivity index (χ0n) is 12.6. The lowest BCUT2D eigenvalue weighted by molar-refractivity contribution is 0.102. The monoisotopic (exact) mass is 322 g/mol. The number of nitrogens with one attached hydrogen (secondary N) is 1. The molecule has 114 valence electrons. The molecule has 3 rings (SSSR count). The van der Waals surface area contributed by atoms with Crippen LogP contribution in [0.5, 0.6) is 0 Å². The van der Waals surface area contributed by atoms with Gasteiger partial charge in [0.05, 0.1) is 10.7 Å². The van der Waals surface area contributed by atoms with Crippen LogP contribution >= 0.6 is 11.6 Å². The van der Waals surface area contributed by atoms with Crippen LogP contribution in [-0.4, -0.2) is 10.9 Å². The van der Waals surface area contributed by atoms with Crippen LogP contribution in [0.2, 0.25) is 5.02 Å². The van der Waals surface area contributed by atoms with Gasteiger partial charge in [-0.1, -0.05) is 35.9 Å². The molecule has 1 N–H and O–H groups in total. The summed E-state index contributed by atoms with van der Waals surface area (Å²) in [6, 6.07) is 18.5. The highest BCUT2D eigenvalue weighted by molar-refractivity contribution is 6.33. The van der Waals surface area contributed by atoms with Crippen LogP contribution in [0.25, 0.3) is 11.3 Å². The number of nitrogens with zero attached hydrogens (tertiary/aromatic N) is 1. The molecular weight excluding hydrogens is 308 g/mol. The van der Waals surface area contributed by atoms with E-state index in [0.717, 1.165) is 16.8 Å². The minimum absolute atomic E-state index is 0.144. The maximum absolute atomic E-state index is 12.3. The average molecular weight is 323 g/mol. The number of pyridine rings is 1. The summed E-state index contributed by atoms with van der Waals surface area (Å²) < 4.78 is 0. The van der Waals surface area contributed by atoms with Crippen molar-refractivity contribution in [2.75, 3.05) is 5.32 Å². The Morgan fingerprint density at radius 2 is 1.83 bits per heavy atom. The van der Waals surface area contributed by atoms with Crippen molar-refractivity contribution < 1.29 is 4.79 Å². The fourth-order valence-electron chi connectivity index (χ4n) is 2.30. The van der Waals surface area contributed by atoms with Crippen LogP contribution < -0.4 is 5.32 Å². The summed E-state index contributed by atoms with van der Waals surface area (Å²) in [5.74, 6) is -0.144. The van der Waals surface area contributed by atoms with E-state index in [1.807, 2.05) is 43.3 Å². The Morgan fingerprint density at radius 1 is 1.04 bits per heavy atom. The fourth-order valence-corrected chi connectivity index (χ4v) is 2.53. The Kier molecular flexibility index (Phi) is 4.40. The third-order valence-electron chi connectivity index (χ3n) is 3.45. The summed E-state index contributed by atoms with van der Waals surface area (Å²) in [5, 5.41) is 3.48. The van der Waals surface area contributed by atoms with Crippen molar-refractivity contribution in [3.63, 3.8) is 0 Å². The van der Waals surface area contributed by atoms with Gasteiger partial charge in [-0.25, -0.2) is 0 Å². The lowest BCUT2D eigenvalue weighted by Crippen LogP contribution is -2.11. The first-order valence-electron chi connectivity index (χ1n) is 7.22. The third-order valence-corrected chi connectivity index (χ3v) is 3.76. The lowest BCUT2D eigenvalue weighted by atomic mass is 10.1. The Morgan fingerprint density at radius 3 is 2.52 bits per heavy atom. The van der Waals surface area contributed by atoms with Crippen molar-refractivity contribution in [2.24, 2.45) is 0 Å². The van der Waals surface area contributed by atoms with Crippen LogP contribution in [0.3, 0.4) is 0 Å². The van der Waals surface area contributed by atoms with E-state index in [4.69, 9.17) is 11.6 Å². The zero-order chi connectivity index (χ0) is 16.2. The highest BCUT2D eigenvalue weighted by Crippen LogP contribution is 2.25. The van der Waals surface area contributed by atoms with E-state index in [0.29, 0.717) is 16.3 Å². The predicted molar refractivity (Wildman–Crippen MR) is 93.8 cm³/mol. The van der Waals surface area contributed by atoms with Gasteiger partial charge in [0.15, 0.2) is 0 Å². The second-order valence-corrected chi connectivity index (χ2v) is 5.64. The number of anilines is 1. The number of carbonyl (C=O) groups is 1. The van der Waals surface area contributed by atoms with Crippen molar-refractivity contribution in [3.05, 3.63) is 83.0 Å². The molecule has 0 aliphatic heterocycles. The van der Waals surface area contributed by atoms with Gasteiger partial charge in [0.25, 0.3) is 5.91 Å². The standard InChI is InChI=1S/C19H15ClN2O/c1-13-4-2-5-16(12-13)22-19(23)15-9-7-14(8-10-15)18-17(20)6-3-11-21-18/h2-12H,1H3,(H,22,23). The number of aromatic nitrogens is 1. The molecule has 1 heterocycles. The number of amides is 1. The van der Waals surface area contributed by atoms with Gasteiger partial charge in [-0.3, -0.25) is 9.78 Å². The molecule has 0 bridgehead atoms. The summed E-state index contributed by atoms with van der Waals surface area (Å²) in [5.41, 5.74) is 4.06. The summed E-state index contributed by atoms with van der Waals surface area (Å²) in [7, 11) is 0. The maximum atomic E-state index is 12.3. The molecule has 0 atom stereocenters. The Balaban J connectivity index is 1.79. The first-order valence-corrected chi connectivity index (χ1v) is 7.60. The highest BCUT2D eigenvalue weighted by atomic mass is 35.5. The van der Waals surface area contributed by atoms with Crippen LogP contribution in [0, 0.1) is 6.92 Å². The summed E-state index contributed by atoms with van der Waals surface area (Å²) in [4.78, 5) is 16.6. The molecule has 3 nitrogen and oxygen atoms in total. The Hall–Kier alpha value is -2.65. The van der Waals surface area contributed by atoms with E-state index in [1.165, 1.54) is 0 Å². The van der Waals surface area contributed by atoms with Gasteiger partial charge in [-0.05, 0) is 48.9 Å². The predicted octanol–water partition coefficient (Wildman–Crippen LogP) is 4.96. The molecule has 4 heteroatoms. The Bertz CT molecular complexity index is 844. The number of rotatable bonds is 3. The van der Waals surface area contributed by atoms with Crippen molar-refractivity contribution in [1.29, 1.82) is 0 Å². The molecule has 0 aliphatic rings. The number of carbonyl (C=O) groups excluding carboxylic acids is 1. The Labute approximate surface area is 140 Å². The van der Waals surface area contributed by atoms with Crippen molar-refractivity contribution >= 4 is 23.2 Å². The molecule has 0 unspecified atom stereocenters. The van der Waals surface area contributed by atoms with Crippen LogP contribution in [0.4, 0.5) is 5.69 Å². The largest absolute Gasteiger partial charge is 0.322 e. The van der Waals surface area contributed by atoms with Gasteiger partial charge >= 0.3 is 0 Å². The van der Waals surface area contributed by atoms with E-state index in [2.05, 4.69) is 10.3 Å².